The van der Waals surface area contributed by atoms with Crippen molar-refractivity contribution in [2.24, 2.45) is 0 Å². The first kappa shape index (κ1) is 15.0. The topological polar surface area (TPSA) is 70.0 Å². The van der Waals surface area contributed by atoms with Crippen LogP contribution >= 0.6 is 0 Å². The fourth-order valence-corrected chi connectivity index (χ4v) is 4.09. The molecule has 0 spiro atoms. The molecule has 1 N–H and O–H groups in total. The van der Waals surface area contributed by atoms with Gasteiger partial charge in [0.25, 0.3) is 0 Å². The number of nitriles is 1. The third-order valence-electron chi connectivity index (χ3n) is 3.77. The maximum Gasteiger partial charge on any atom is 0.213 e. The normalized spacial score (nSPS) is 18.4. The minimum absolute atomic E-state index is 0.0282. The third-order valence-corrected chi connectivity index (χ3v) is 5.22. The van der Waals surface area contributed by atoms with Crippen LogP contribution in [0.1, 0.15) is 37.7 Å². The Balaban J connectivity index is 1.98. The van der Waals surface area contributed by atoms with Crippen LogP contribution in [0, 0.1) is 11.3 Å². The van der Waals surface area contributed by atoms with Gasteiger partial charge in [0, 0.05) is 0 Å². The molecule has 0 aromatic heterocycles. The molecule has 0 radical (unpaired) electrons. The van der Waals surface area contributed by atoms with Crippen LogP contribution in [0.4, 0.5) is 0 Å². The molecule has 1 aliphatic rings. The predicted molar refractivity (Wildman–Crippen MR) is 78.5 cm³/mol. The minimum atomic E-state index is -3.42. The first-order valence-corrected chi connectivity index (χ1v) is 8.67. The molecule has 0 atom stereocenters. The predicted octanol–water partition coefficient (Wildman–Crippen LogP) is 2.37. The summed E-state index contributed by atoms with van der Waals surface area (Å²) in [4.78, 5) is 0. The third kappa shape index (κ3) is 4.06. The molecule has 20 heavy (non-hydrogen) atoms. The fraction of sp³-hybridized carbons (Fsp3) is 0.533. The van der Waals surface area contributed by atoms with Crippen molar-refractivity contribution in [3.63, 3.8) is 0 Å². The van der Waals surface area contributed by atoms with Gasteiger partial charge in [0.05, 0.1) is 11.8 Å². The number of hydrogen-bond donors (Lipinski definition) is 1. The molecule has 1 aromatic carbocycles. The minimum Gasteiger partial charge on any atom is -0.212 e. The molecule has 2 rings (SSSR count). The highest BCUT2D eigenvalue weighted by molar-refractivity contribution is 7.89. The Morgan fingerprint density at radius 2 is 1.80 bits per heavy atom. The van der Waals surface area contributed by atoms with Gasteiger partial charge in [0.2, 0.25) is 10.0 Å². The Morgan fingerprint density at radius 3 is 2.40 bits per heavy atom. The standard InChI is InChI=1S/C15H20N2O2S/c16-13-15(10-5-2-6-11-15)17-20(18,19)12-9-14-7-3-1-4-8-14/h1,3-4,7-8,17H,2,5-6,9-12H2. The molecular formula is C15H20N2O2S. The number of nitrogens with zero attached hydrogens (tertiary/aromatic N) is 1. The molecule has 4 nitrogen and oxygen atoms in total. The van der Waals surface area contributed by atoms with Gasteiger partial charge in [-0.05, 0) is 24.8 Å². The van der Waals surface area contributed by atoms with E-state index in [0.717, 1.165) is 24.8 Å². The molecule has 0 bridgehead atoms. The SMILES string of the molecule is N#CC1(NS(=O)(=O)CCc2ccccc2)CCCCC1. The summed E-state index contributed by atoms with van der Waals surface area (Å²) in [5, 5.41) is 9.31. The summed E-state index contributed by atoms with van der Waals surface area (Å²) in [6.45, 7) is 0. The quantitative estimate of drug-likeness (QED) is 0.905. The van der Waals surface area contributed by atoms with Crippen molar-refractivity contribution in [3.8, 4) is 6.07 Å². The highest BCUT2D eigenvalue weighted by Gasteiger charge is 2.35. The van der Waals surface area contributed by atoms with Crippen molar-refractivity contribution >= 4 is 10.0 Å². The number of benzene rings is 1. The van der Waals surface area contributed by atoms with E-state index in [4.69, 9.17) is 0 Å². The second-order valence-corrected chi connectivity index (χ2v) is 7.25. The van der Waals surface area contributed by atoms with E-state index in [-0.39, 0.29) is 5.75 Å². The van der Waals surface area contributed by atoms with Crippen LogP contribution in [-0.4, -0.2) is 19.7 Å². The van der Waals surface area contributed by atoms with Gasteiger partial charge in [-0.3, -0.25) is 0 Å². The first-order chi connectivity index (χ1) is 9.55. The summed E-state index contributed by atoms with van der Waals surface area (Å²) in [5.74, 6) is 0.0282. The summed E-state index contributed by atoms with van der Waals surface area (Å²) >= 11 is 0. The Morgan fingerprint density at radius 1 is 1.15 bits per heavy atom. The summed E-state index contributed by atoms with van der Waals surface area (Å²) in [6, 6.07) is 11.7. The lowest BCUT2D eigenvalue weighted by Crippen LogP contribution is -2.49. The van der Waals surface area contributed by atoms with Gasteiger partial charge in [-0.25, -0.2) is 8.42 Å². The van der Waals surface area contributed by atoms with E-state index >= 15 is 0 Å². The van der Waals surface area contributed by atoms with E-state index in [9.17, 15) is 13.7 Å². The van der Waals surface area contributed by atoms with Gasteiger partial charge < -0.3 is 0 Å². The van der Waals surface area contributed by atoms with Crippen LogP contribution in [0.3, 0.4) is 0 Å². The van der Waals surface area contributed by atoms with Gasteiger partial charge in [0.1, 0.15) is 5.54 Å². The lowest BCUT2D eigenvalue weighted by Gasteiger charge is -2.31. The molecule has 0 heterocycles. The molecule has 1 fully saturated rings. The second kappa shape index (κ2) is 6.38. The molecule has 5 heteroatoms. The molecule has 0 unspecified atom stereocenters. The van der Waals surface area contributed by atoms with Crippen molar-refractivity contribution in [1.29, 1.82) is 5.26 Å². The van der Waals surface area contributed by atoms with E-state index in [1.54, 1.807) is 0 Å². The average Bonchev–Trinajstić information content (AvgIpc) is 2.47. The zero-order chi connectivity index (χ0) is 14.5. The second-order valence-electron chi connectivity index (χ2n) is 5.41. The maximum atomic E-state index is 12.2. The summed E-state index contributed by atoms with van der Waals surface area (Å²) < 4.78 is 27.0. The van der Waals surface area contributed by atoms with Gasteiger partial charge in [-0.15, -0.1) is 0 Å². The molecular weight excluding hydrogens is 272 g/mol. The Labute approximate surface area is 120 Å². The van der Waals surface area contributed by atoms with E-state index in [1.807, 2.05) is 30.3 Å². The summed E-state index contributed by atoms with van der Waals surface area (Å²) in [6.07, 6.45) is 4.61. The Bertz CT molecular complexity index is 570. The highest BCUT2D eigenvalue weighted by Crippen LogP contribution is 2.28. The number of hydrogen-bond acceptors (Lipinski definition) is 3. The van der Waals surface area contributed by atoms with Gasteiger partial charge in [-0.1, -0.05) is 49.6 Å². The van der Waals surface area contributed by atoms with E-state index in [0.29, 0.717) is 19.3 Å². The maximum absolute atomic E-state index is 12.2. The lowest BCUT2D eigenvalue weighted by atomic mass is 9.84. The van der Waals surface area contributed by atoms with Crippen molar-refractivity contribution < 1.29 is 8.42 Å². The smallest absolute Gasteiger partial charge is 0.212 e. The average molecular weight is 292 g/mol. The van der Waals surface area contributed by atoms with Gasteiger partial charge in [-0.2, -0.15) is 9.98 Å². The summed E-state index contributed by atoms with van der Waals surface area (Å²) in [5.41, 5.74) is 0.112. The molecule has 0 saturated heterocycles. The molecule has 0 aliphatic heterocycles. The number of sulfonamides is 1. The van der Waals surface area contributed by atoms with Crippen LogP contribution in [0.2, 0.25) is 0 Å². The monoisotopic (exact) mass is 292 g/mol. The van der Waals surface area contributed by atoms with E-state index < -0.39 is 15.6 Å². The first-order valence-electron chi connectivity index (χ1n) is 7.02. The Hall–Kier alpha value is -1.38. The van der Waals surface area contributed by atoms with Crippen LogP contribution in [-0.2, 0) is 16.4 Å². The Kier molecular flexibility index (Phi) is 4.79. The summed E-state index contributed by atoms with van der Waals surface area (Å²) in [7, 11) is -3.42. The zero-order valence-corrected chi connectivity index (χ0v) is 12.3. The van der Waals surface area contributed by atoms with E-state index in [1.165, 1.54) is 0 Å². The van der Waals surface area contributed by atoms with Crippen LogP contribution in [0.5, 0.6) is 0 Å². The lowest BCUT2D eigenvalue weighted by molar-refractivity contribution is 0.338. The number of rotatable bonds is 5. The van der Waals surface area contributed by atoms with Crippen LogP contribution in [0.25, 0.3) is 0 Å². The van der Waals surface area contributed by atoms with Crippen LogP contribution < -0.4 is 4.72 Å². The zero-order valence-electron chi connectivity index (χ0n) is 11.5. The highest BCUT2D eigenvalue weighted by atomic mass is 32.2. The van der Waals surface area contributed by atoms with E-state index in [2.05, 4.69) is 10.8 Å². The largest absolute Gasteiger partial charge is 0.213 e. The van der Waals surface area contributed by atoms with Crippen molar-refractivity contribution in [1.82, 2.24) is 4.72 Å². The molecule has 1 aromatic rings. The number of nitrogens with one attached hydrogen (secondary N) is 1. The molecule has 108 valence electrons. The molecule has 0 amide bonds. The number of aryl methyl sites for hydroxylation is 1. The van der Waals surface area contributed by atoms with Gasteiger partial charge >= 0.3 is 0 Å². The van der Waals surface area contributed by atoms with Gasteiger partial charge in [0.15, 0.2) is 0 Å². The van der Waals surface area contributed by atoms with Crippen LogP contribution in [0.15, 0.2) is 30.3 Å². The van der Waals surface area contributed by atoms with Crippen molar-refractivity contribution in [3.05, 3.63) is 35.9 Å². The van der Waals surface area contributed by atoms with Crippen molar-refractivity contribution in [2.75, 3.05) is 5.75 Å². The molecule has 1 aliphatic carbocycles. The fourth-order valence-electron chi connectivity index (χ4n) is 2.64. The molecule has 1 saturated carbocycles. The van der Waals surface area contributed by atoms with Crippen molar-refractivity contribution in [2.45, 2.75) is 44.1 Å².